The number of H-pyrrole nitrogens is 3. The van der Waals surface area contributed by atoms with E-state index in [1.807, 2.05) is 6.07 Å². The maximum atomic E-state index is 13.1. The van der Waals surface area contributed by atoms with Crippen molar-refractivity contribution in [3.05, 3.63) is 109 Å². The second-order valence-corrected chi connectivity index (χ2v) is 31.7. The minimum absolute atomic E-state index is 0.000000000000000444. The number of carbonyl (C=O) groups excluding carboxylic acids is 1. The van der Waals surface area contributed by atoms with Gasteiger partial charge in [-0.05, 0) is 215 Å². The van der Waals surface area contributed by atoms with Crippen LogP contribution in [-0.4, -0.2) is 207 Å². The number of anilines is 2. The highest BCUT2D eigenvalue weighted by Crippen LogP contribution is 2.57. The molecule has 578 valence electrons. The minimum Gasteiger partial charge on any atom is -0.462 e. The molecule has 10 aromatic heterocycles. The number of fused-ring (bicyclic) bond motifs is 3. The van der Waals surface area contributed by atoms with E-state index in [9.17, 15) is 10.1 Å². The van der Waals surface area contributed by atoms with Crippen LogP contribution in [0.4, 0.5) is 11.9 Å². The number of halogens is 7. The van der Waals surface area contributed by atoms with Crippen molar-refractivity contribution in [2.24, 2.45) is 28.4 Å². The zero-order valence-electron chi connectivity index (χ0n) is 59.5. The maximum absolute atomic E-state index is 13.1. The molecule has 3 saturated heterocycles. The number of hydrogen-bond donors (Lipinski definition) is 7. The Balaban J connectivity index is 0.000000118. The first-order chi connectivity index (χ1) is 53.6. The van der Waals surface area contributed by atoms with Gasteiger partial charge in [0, 0.05) is 97.0 Å². The van der Waals surface area contributed by atoms with Crippen LogP contribution in [0, 0.1) is 51.9 Å². The summed E-state index contributed by atoms with van der Waals surface area (Å²) >= 11 is 38.8. The third-order valence-corrected chi connectivity index (χ3v) is 22.6. The van der Waals surface area contributed by atoms with Gasteiger partial charge in [-0.1, -0.05) is 0 Å². The highest BCUT2D eigenvalue weighted by atomic mass is 35.5. The molecule has 12 fully saturated rings. The number of ether oxygens (including phenoxy) is 2. The lowest BCUT2D eigenvalue weighted by Gasteiger charge is -2.61. The Morgan fingerprint density at radius 1 is 0.595 bits per heavy atom. The molecule has 43 heteroatoms. The Labute approximate surface area is 669 Å². The molecule has 8 N–H and O–H groups in total. The first-order valence-electron chi connectivity index (χ1n) is 36.1. The Kier molecular flexibility index (Phi) is 24.0. The van der Waals surface area contributed by atoms with Gasteiger partial charge in [-0.2, -0.15) is 90.7 Å². The number of hydrogen-bond acceptors (Lipinski definition) is 31. The lowest BCUT2D eigenvalue weighted by molar-refractivity contribution is -0.0441. The number of aromatic nitrogens is 24. The van der Waals surface area contributed by atoms with E-state index in [2.05, 4.69) is 158 Å². The summed E-state index contributed by atoms with van der Waals surface area (Å²) in [5.41, 5.74) is 10.3. The molecule has 36 nitrogen and oxygen atoms in total. The van der Waals surface area contributed by atoms with Crippen LogP contribution in [0.3, 0.4) is 0 Å². The quantitative estimate of drug-likeness (QED) is 0.0498. The van der Waals surface area contributed by atoms with E-state index in [-0.39, 0.29) is 103 Å². The molecule has 0 spiro atoms. The third-order valence-electron chi connectivity index (χ3n) is 21.4. The van der Waals surface area contributed by atoms with E-state index in [1.165, 1.54) is 31.9 Å². The molecule has 13 heterocycles. The summed E-state index contributed by atoms with van der Waals surface area (Å²) in [7, 11) is 0. The molecule has 9 aliphatic carbocycles. The summed E-state index contributed by atoms with van der Waals surface area (Å²) in [4.78, 5) is 83.9. The summed E-state index contributed by atoms with van der Waals surface area (Å²) in [5.74, 6) is 3.74. The number of rotatable bonds is 14. The SMILES string of the molecule is Clc1nc(Cl)nc(Cl)n1.Clc1nc(Cl)nc(N2CCC(c3[nH]nc4ncncc34)CC2)n1.N#CC1(COc2nc(C(=O)NC34CC(C3)C4)nc(N3CCC(c4[nH]nc5ncncc45)CC3)n2)CC1.N#CC1(COc2nc(Cl)nc(Cl)n2)CC1.NC12CC(C1)C2.[C-]#[N+]C1(CO)CC1.c1cc2c(C3CCNCC3)n[nH]c2nn1. The highest BCUT2D eigenvalue weighted by Gasteiger charge is 2.58. The lowest BCUT2D eigenvalue weighted by atomic mass is 9.50. The molecule has 3 aliphatic heterocycles. The van der Waals surface area contributed by atoms with Crippen LogP contribution in [0.15, 0.2) is 37.3 Å². The van der Waals surface area contributed by atoms with Crippen molar-refractivity contribution >= 4 is 132 Å². The molecule has 0 aromatic carbocycles. The van der Waals surface area contributed by atoms with Gasteiger partial charge in [-0.3, -0.25) is 20.1 Å². The van der Waals surface area contributed by atoms with E-state index < -0.39 is 5.41 Å². The minimum atomic E-state index is -0.462. The van der Waals surface area contributed by atoms with Gasteiger partial charge in [0.05, 0.1) is 45.6 Å². The van der Waals surface area contributed by atoms with Gasteiger partial charge in [-0.25, -0.2) is 26.5 Å². The van der Waals surface area contributed by atoms with Gasteiger partial charge in [0.2, 0.25) is 54.7 Å². The van der Waals surface area contributed by atoms with Crippen molar-refractivity contribution in [3.63, 3.8) is 0 Å². The third kappa shape index (κ3) is 19.4. The molecule has 22 rings (SSSR count). The van der Waals surface area contributed by atoms with Crippen LogP contribution < -0.4 is 35.6 Å². The highest BCUT2D eigenvalue weighted by molar-refractivity contribution is 6.33. The van der Waals surface area contributed by atoms with Crippen molar-refractivity contribution in [1.82, 2.24) is 131 Å². The lowest BCUT2D eigenvalue weighted by Crippen LogP contribution is -2.68. The fraction of sp³-hybridized carbons (Fsp3) is 0.544. The number of nitrogens with zero attached hydrogens (tertiary/aromatic N) is 26. The number of nitrogens with one attached hydrogen (secondary N) is 5. The summed E-state index contributed by atoms with van der Waals surface area (Å²) < 4.78 is 11.1. The Bertz CT molecular complexity index is 4980. The van der Waals surface area contributed by atoms with Gasteiger partial charge >= 0.3 is 12.0 Å². The van der Waals surface area contributed by atoms with Crippen LogP contribution in [-0.2, 0) is 0 Å². The van der Waals surface area contributed by atoms with Gasteiger partial charge in [0.1, 0.15) is 32.5 Å². The number of amides is 1. The molecular weight excluding hydrogens is 1580 g/mol. The molecule has 111 heavy (non-hydrogen) atoms. The van der Waals surface area contributed by atoms with Crippen molar-refractivity contribution in [3.8, 4) is 24.2 Å². The fourth-order valence-corrected chi connectivity index (χ4v) is 15.4. The van der Waals surface area contributed by atoms with Gasteiger partial charge in [-0.15, -0.1) is 5.10 Å². The number of nitriles is 2. The standard InChI is InChI=1S/C24H26N10O2.C13H12Cl2N8.C10H13N5.C8H6Cl2N4O.C5H7NO.C5H9N.C3Cl3N3/c25-11-23(3-4-23)12-36-22-29-19(20(35)31-24-7-14(8-24)9-24)28-21(30-22)34-5-1-15(2-6-34)17-16-10-26-13-27-18(16)33-32-17;14-11-18-12(15)20-13(19-11)23-3-1-7(2-4-23)9-8-5-16-6-17-10(8)22-21-9;1-4-11-5-2-7(1)9-8-3-6-12-14-10(8)15-13-9;9-5-12-6(10)14-7(13-5)15-4-8(3-11)1-2-8;1-6-5(4-7)2-3-5;6-5-1-4(2-5)3-5;4-1-7-2(5)9-3(6)8-1/h10,13-15H,1-9,12H2,(H,31,35)(H,26,27,32,33);5-7H,1-4H2,(H,16,17,21,22);3,6-7,11H,1-2,4-5H2,(H,13,14,15);1-2,4H2;7H,2-4H2;4H,1-3,6H2;. The molecule has 0 radical (unpaired) electrons. The average molecular weight is 1650 g/mol. The Hall–Kier alpha value is -9.26. The van der Waals surface area contributed by atoms with E-state index in [0.29, 0.717) is 53.7 Å². The zero-order valence-corrected chi connectivity index (χ0v) is 64.8. The smallest absolute Gasteiger partial charge is 0.322 e. The predicted octanol–water partition coefficient (Wildman–Crippen LogP) is 9.56. The number of aliphatic hydroxyl groups excluding tert-OH is 1. The van der Waals surface area contributed by atoms with Gasteiger partial charge < -0.3 is 45.6 Å². The molecular formula is C68H73Cl7N32O4. The summed E-state index contributed by atoms with van der Waals surface area (Å²) in [6.45, 7) is 12.2. The van der Waals surface area contributed by atoms with Crippen LogP contribution in [0.25, 0.3) is 37.9 Å². The van der Waals surface area contributed by atoms with Crippen LogP contribution >= 0.6 is 81.2 Å². The van der Waals surface area contributed by atoms with Crippen molar-refractivity contribution in [1.29, 1.82) is 10.5 Å². The Morgan fingerprint density at radius 2 is 1.05 bits per heavy atom. The van der Waals surface area contributed by atoms with Crippen LogP contribution in [0.2, 0.25) is 37.0 Å². The molecule has 1 amide bonds. The first kappa shape index (κ1) is 78.4. The number of aliphatic hydroxyl groups is 1. The second kappa shape index (κ2) is 34.0. The molecule has 9 saturated carbocycles. The maximum Gasteiger partial charge on any atom is 0.322 e. The monoisotopic (exact) mass is 1650 g/mol. The fourth-order valence-electron chi connectivity index (χ4n) is 14.1. The van der Waals surface area contributed by atoms with E-state index in [4.69, 9.17) is 113 Å². The number of nitrogens with two attached hydrogens (primary N) is 1. The van der Waals surface area contributed by atoms with Gasteiger partial charge in [0.25, 0.3) is 11.4 Å². The van der Waals surface area contributed by atoms with E-state index in [0.717, 1.165) is 173 Å². The first-order valence-corrected chi connectivity index (χ1v) is 38.7. The predicted molar refractivity (Wildman–Crippen MR) is 406 cm³/mol. The van der Waals surface area contributed by atoms with Crippen molar-refractivity contribution < 1.29 is 19.4 Å². The van der Waals surface area contributed by atoms with Crippen LogP contribution in [0.1, 0.15) is 161 Å². The molecule has 4 bridgehead atoms. The summed E-state index contributed by atoms with van der Waals surface area (Å²) in [5, 5.41) is 66.3. The summed E-state index contributed by atoms with van der Waals surface area (Å²) in [6.07, 6.45) is 26.4. The zero-order chi connectivity index (χ0) is 77.5. The van der Waals surface area contributed by atoms with E-state index in [1.54, 1.807) is 18.6 Å². The normalized spacial score (nSPS) is 22.2. The molecule has 12 aliphatic rings. The largest absolute Gasteiger partial charge is 0.462 e. The van der Waals surface area contributed by atoms with Crippen molar-refractivity contribution in [2.75, 3.05) is 68.9 Å². The number of aromatic amines is 3. The Morgan fingerprint density at radius 3 is 1.47 bits per heavy atom. The average Bonchev–Trinajstić information content (AvgIpc) is 1.30. The second-order valence-electron chi connectivity index (χ2n) is 29.4. The van der Waals surface area contributed by atoms with Gasteiger partial charge in [0.15, 0.2) is 16.9 Å². The molecule has 0 atom stereocenters. The topological polar surface area (TPSA) is 482 Å². The molecule has 0 unspecified atom stereocenters. The van der Waals surface area contributed by atoms with Crippen molar-refractivity contribution in [2.45, 2.75) is 150 Å². The number of piperidine rings is 3. The van der Waals surface area contributed by atoms with Crippen LogP contribution in [0.5, 0.6) is 12.0 Å². The number of carbonyl (C=O) groups is 1. The summed E-state index contributed by atoms with van der Waals surface area (Å²) in [6, 6.07) is 6.65. The molecule has 10 aromatic rings. The van der Waals surface area contributed by atoms with E-state index >= 15 is 0 Å².